The molecule has 132 valence electrons. The molecule has 0 unspecified atom stereocenters. The first-order chi connectivity index (χ1) is 12.2. The second-order valence-corrected chi connectivity index (χ2v) is 7.62. The Bertz CT molecular complexity index is 745. The molecule has 0 N–H and O–H groups in total. The van der Waals surface area contributed by atoms with Crippen molar-refractivity contribution in [3.8, 4) is 0 Å². The highest BCUT2D eigenvalue weighted by Gasteiger charge is 2.44. The molecule has 1 aromatic heterocycles. The van der Waals surface area contributed by atoms with Gasteiger partial charge in [-0.2, -0.15) is 11.3 Å². The van der Waals surface area contributed by atoms with Crippen molar-refractivity contribution in [1.82, 2.24) is 4.90 Å². The predicted octanol–water partition coefficient (Wildman–Crippen LogP) is 2.79. The van der Waals surface area contributed by atoms with Crippen molar-refractivity contribution in [3.05, 3.63) is 33.7 Å². The Morgan fingerprint density at radius 1 is 1.28 bits per heavy atom. The van der Waals surface area contributed by atoms with Gasteiger partial charge in [0.05, 0.1) is 19.1 Å². The Morgan fingerprint density at radius 2 is 2.08 bits per heavy atom. The van der Waals surface area contributed by atoms with Gasteiger partial charge in [0.25, 0.3) is 5.91 Å². The Labute approximate surface area is 151 Å². The molecular formula is C19H22N2O3S. The minimum atomic E-state index is -0.271. The number of morpholine rings is 1. The van der Waals surface area contributed by atoms with Crippen LogP contribution in [0.25, 0.3) is 0 Å². The van der Waals surface area contributed by atoms with E-state index in [9.17, 15) is 9.59 Å². The van der Waals surface area contributed by atoms with Crippen molar-refractivity contribution in [2.24, 2.45) is 10.9 Å². The summed E-state index contributed by atoms with van der Waals surface area (Å²) in [5, 5.41) is 4.08. The third kappa shape index (κ3) is 2.98. The number of carbonyl (C=O) groups excluding carboxylic acids is 2. The monoisotopic (exact) mass is 358 g/mol. The molecule has 1 saturated carbocycles. The molecule has 6 heteroatoms. The summed E-state index contributed by atoms with van der Waals surface area (Å²) in [6.45, 7) is 4.24. The maximum atomic E-state index is 13.3. The Kier molecular flexibility index (Phi) is 4.56. The van der Waals surface area contributed by atoms with Gasteiger partial charge < -0.3 is 9.64 Å². The molecule has 1 amide bonds. The van der Waals surface area contributed by atoms with Crippen molar-refractivity contribution in [2.75, 3.05) is 26.3 Å². The van der Waals surface area contributed by atoms with Crippen molar-refractivity contribution in [3.63, 3.8) is 0 Å². The number of hydrogen-bond donors (Lipinski definition) is 0. The summed E-state index contributed by atoms with van der Waals surface area (Å²) in [4.78, 5) is 32.6. The number of hydrogen-bond acceptors (Lipinski definition) is 5. The molecule has 0 aromatic carbocycles. The average molecular weight is 358 g/mol. The van der Waals surface area contributed by atoms with Crippen LogP contribution in [0.5, 0.6) is 0 Å². The van der Waals surface area contributed by atoms with Gasteiger partial charge in [-0.05, 0) is 42.2 Å². The quantitative estimate of drug-likeness (QED) is 0.817. The molecule has 1 aliphatic carbocycles. The molecule has 2 aliphatic heterocycles. The fraction of sp³-hybridized carbons (Fsp3) is 0.526. The van der Waals surface area contributed by atoms with E-state index >= 15 is 0 Å². The standard InChI is InChI=1S/C19H22N2O3S/c1-12-16(19(23)21-6-8-24-9-7-21)17(13-5-10-25-11-13)18-14(20-12)3-2-4-15(18)22/h5,10-11,17-18H,2-4,6-9H2,1H3/t17-,18+/m0/s1. The van der Waals surface area contributed by atoms with E-state index in [2.05, 4.69) is 5.38 Å². The van der Waals surface area contributed by atoms with Crippen molar-refractivity contribution in [1.29, 1.82) is 0 Å². The fourth-order valence-corrected chi connectivity index (χ4v) is 4.84. The van der Waals surface area contributed by atoms with Gasteiger partial charge in [0.2, 0.25) is 0 Å². The molecule has 3 aliphatic rings. The lowest BCUT2D eigenvalue weighted by Gasteiger charge is -2.37. The van der Waals surface area contributed by atoms with E-state index < -0.39 is 0 Å². The molecule has 25 heavy (non-hydrogen) atoms. The number of aliphatic imine (C=N–C) groups is 1. The predicted molar refractivity (Wildman–Crippen MR) is 96.9 cm³/mol. The summed E-state index contributed by atoms with van der Waals surface area (Å²) in [5.74, 6) is -0.229. The molecule has 0 spiro atoms. The van der Waals surface area contributed by atoms with Gasteiger partial charge in [-0.1, -0.05) is 0 Å². The minimum absolute atomic E-state index is 0.0122. The number of ether oxygens (including phenoxy) is 1. The zero-order valence-electron chi connectivity index (χ0n) is 14.4. The third-order valence-corrected chi connectivity index (χ3v) is 6.04. The number of rotatable bonds is 2. The molecule has 2 atom stereocenters. The molecule has 2 fully saturated rings. The first-order valence-corrected chi connectivity index (χ1v) is 9.81. The maximum Gasteiger partial charge on any atom is 0.252 e. The van der Waals surface area contributed by atoms with Gasteiger partial charge in [-0.3, -0.25) is 14.6 Å². The maximum absolute atomic E-state index is 13.3. The van der Waals surface area contributed by atoms with Crippen LogP contribution < -0.4 is 0 Å². The van der Waals surface area contributed by atoms with Crippen LogP contribution >= 0.6 is 11.3 Å². The lowest BCUT2D eigenvalue weighted by molar-refractivity contribution is -0.131. The summed E-state index contributed by atoms with van der Waals surface area (Å²) in [6.07, 6.45) is 2.31. The number of amides is 1. The molecule has 3 heterocycles. The Morgan fingerprint density at radius 3 is 2.80 bits per heavy atom. The average Bonchev–Trinajstić information content (AvgIpc) is 3.15. The van der Waals surface area contributed by atoms with Crippen molar-refractivity contribution >= 4 is 28.7 Å². The third-order valence-electron chi connectivity index (χ3n) is 5.34. The highest BCUT2D eigenvalue weighted by Crippen LogP contribution is 2.43. The molecule has 1 saturated heterocycles. The molecule has 5 nitrogen and oxygen atoms in total. The summed E-state index contributed by atoms with van der Waals surface area (Å²) < 4.78 is 5.38. The van der Waals surface area contributed by atoms with Crippen molar-refractivity contribution in [2.45, 2.75) is 32.1 Å². The number of ketones is 1. The van der Waals surface area contributed by atoms with Crippen LogP contribution in [0, 0.1) is 5.92 Å². The summed E-state index contributed by atoms with van der Waals surface area (Å²) in [6, 6.07) is 2.04. The smallest absolute Gasteiger partial charge is 0.252 e. The van der Waals surface area contributed by atoms with Crippen LogP contribution in [0.1, 0.15) is 37.7 Å². The molecule has 1 aromatic rings. The number of thiophene rings is 1. The van der Waals surface area contributed by atoms with Gasteiger partial charge in [0, 0.05) is 42.4 Å². The number of Topliss-reactive ketones (excluding diaryl/α,β-unsaturated/α-hetero) is 1. The van der Waals surface area contributed by atoms with E-state index in [1.165, 1.54) is 0 Å². The number of allylic oxidation sites excluding steroid dienone is 1. The number of carbonyl (C=O) groups is 2. The van der Waals surface area contributed by atoms with Crippen LogP contribution in [0.3, 0.4) is 0 Å². The molecule has 4 rings (SSSR count). The van der Waals surface area contributed by atoms with Crippen molar-refractivity contribution < 1.29 is 14.3 Å². The van der Waals surface area contributed by atoms with Gasteiger partial charge in [0.1, 0.15) is 5.78 Å². The lowest BCUT2D eigenvalue weighted by atomic mass is 9.69. The highest BCUT2D eigenvalue weighted by atomic mass is 32.1. The molecule has 0 bridgehead atoms. The second kappa shape index (κ2) is 6.84. The van der Waals surface area contributed by atoms with Gasteiger partial charge in [-0.25, -0.2) is 0 Å². The largest absolute Gasteiger partial charge is 0.378 e. The van der Waals surface area contributed by atoms with Gasteiger partial charge >= 0.3 is 0 Å². The van der Waals surface area contributed by atoms with Crippen LogP contribution in [-0.2, 0) is 14.3 Å². The number of fused-ring (bicyclic) bond motifs is 1. The van der Waals surface area contributed by atoms with Crippen LogP contribution in [0.2, 0.25) is 0 Å². The fourth-order valence-electron chi connectivity index (χ4n) is 4.15. The molecule has 0 radical (unpaired) electrons. The number of nitrogens with zero attached hydrogens (tertiary/aromatic N) is 2. The molecular weight excluding hydrogens is 336 g/mol. The van der Waals surface area contributed by atoms with Crippen LogP contribution in [0.4, 0.5) is 0 Å². The van der Waals surface area contributed by atoms with E-state index in [1.807, 2.05) is 23.3 Å². The first-order valence-electron chi connectivity index (χ1n) is 8.87. The van der Waals surface area contributed by atoms with Gasteiger partial charge in [-0.15, -0.1) is 0 Å². The summed E-state index contributed by atoms with van der Waals surface area (Å²) >= 11 is 1.61. The van der Waals surface area contributed by atoms with E-state index in [1.54, 1.807) is 11.3 Å². The second-order valence-electron chi connectivity index (χ2n) is 6.84. The summed E-state index contributed by atoms with van der Waals surface area (Å²) in [7, 11) is 0. The zero-order valence-corrected chi connectivity index (χ0v) is 15.2. The van der Waals surface area contributed by atoms with E-state index in [0.29, 0.717) is 38.3 Å². The topological polar surface area (TPSA) is 59.0 Å². The Balaban J connectivity index is 1.78. The SMILES string of the molecule is CC1=C(C(=O)N2CCOCC2)[C@H](c2ccsc2)[C@H]2C(=O)CCCC2=N1. The normalized spacial score (nSPS) is 27.2. The first kappa shape index (κ1) is 16.7. The summed E-state index contributed by atoms with van der Waals surface area (Å²) in [5.41, 5.74) is 3.50. The van der Waals surface area contributed by atoms with E-state index in [4.69, 9.17) is 9.73 Å². The minimum Gasteiger partial charge on any atom is -0.378 e. The van der Waals surface area contributed by atoms with Crippen LogP contribution in [0.15, 0.2) is 33.1 Å². The highest BCUT2D eigenvalue weighted by molar-refractivity contribution is 7.08. The lowest BCUT2D eigenvalue weighted by Crippen LogP contribution is -2.45. The van der Waals surface area contributed by atoms with Crippen LogP contribution in [-0.4, -0.2) is 48.6 Å². The zero-order chi connectivity index (χ0) is 17.4. The van der Waals surface area contributed by atoms with E-state index in [0.717, 1.165) is 29.8 Å². The van der Waals surface area contributed by atoms with E-state index in [-0.39, 0.29) is 23.5 Å². The Hall–Kier alpha value is -1.79. The van der Waals surface area contributed by atoms with Gasteiger partial charge in [0.15, 0.2) is 0 Å².